The highest BCUT2D eigenvalue weighted by atomic mass is 19.2. The Morgan fingerprint density at radius 3 is 2.59 bits per heavy atom. The first-order valence-corrected chi connectivity index (χ1v) is 12.7. The molecule has 1 amide bonds. The van der Waals surface area contributed by atoms with Gasteiger partial charge in [-0.1, -0.05) is 0 Å². The van der Waals surface area contributed by atoms with E-state index in [0.29, 0.717) is 56.2 Å². The lowest BCUT2D eigenvalue weighted by atomic mass is 9.73. The Kier molecular flexibility index (Phi) is 9.01. The Balaban J connectivity index is 1.40. The zero-order valence-corrected chi connectivity index (χ0v) is 21.5. The minimum Gasteiger partial charge on any atom is -0.497 e. The molecule has 1 aliphatic rings. The molecule has 39 heavy (non-hydrogen) atoms. The van der Waals surface area contributed by atoms with Gasteiger partial charge < -0.3 is 9.64 Å². The molecular weight excluding hydrogens is 521 g/mol. The molecule has 2 aromatic carbocycles. The van der Waals surface area contributed by atoms with Crippen LogP contribution in [0.25, 0.3) is 10.9 Å². The van der Waals surface area contributed by atoms with E-state index < -0.39 is 40.8 Å². The molecule has 0 aliphatic carbocycles. The van der Waals surface area contributed by atoms with Gasteiger partial charge in [0, 0.05) is 17.0 Å². The highest BCUT2D eigenvalue weighted by molar-refractivity contribution is 5.84. The molecule has 0 bridgehead atoms. The maximum atomic E-state index is 15.6. The summed E-state index contributed by atoms with van der Waals surface area (Å²) in [4.78, 5) is 18.7. The zero-order valence-electron chi connectivity index (χ0n) is 21.5. The second kappa shape index (κ2) is 12.3. The molecule has 11 heteroatoms. The van der Waals surface area contributed by atoms with Crippen molar-refractivity contribution in [2.45, 2.75) is 44.7 Å². The minimum absolute atomic E-state index is 0.0407. The predicted molar refractivity (Wildman–Crippen MR) is 134 cm³/mol. The minimum atomic E-state index is -1.73. The van der Waals surface area contributed by atoms with Gasteiger partial charge in [-0.15, -0.1) is 0 Å². The number of methoxy groups -OCH3 is 1. The van der Waals surface area contributed by atoms with Crippen LogP contribution in [0.3, 0.4) is 0 Å². The van der Waals surface area contributed by atoms with Crippen molar-refractivity contribution in [1.29, 1.82) is 0 Å². The lowest BCUT2D eigenvalue weighted by Crippen LogP contribution is -2.48. The van der Waals surface area contributed by atoms with Gasteiger partial charge in [-0.25, -0.2) is 27.4 Å². The number of halogens is 5. The molecule has 0 radical (unpaired) electrons. The average molecular weight is 552 g/mol. The lowest BCUT2D eigenvalue weighted by molar-refractivity contribution is -0.143. The van der Waals surface area contributed by atoms with E-state index in [-0.39, 0.29) is 35.8 Å². The van der Waals surface area contributed by atoms with Crippen LogP contribution in [0.1, 0.15) is 49.4 Å². The van der Waals surface area contributed by atoms with Crippen LogP contribution in [0.5, 0.6) is 5.75 Å². The number of hydrogen-bond acceptors (Lipinski definition) is 5. The Morgan fingerprint density at radius 2 is 1.90 bits per heavy atom. The summed E-state index contributed by atoms with van der Waals surface area (Å²) in [7, 11) is 1.45. The smallest absolute Gasteiger partial charge is 0.249 e. The number of alkyl halides is 1. The first-order valence-electron chi connectivity index (χ1n) is 12.7. The molecule has 6 nitrogen and oxygen atoms in total. The Bertz CT molecular complexity index is 1330. The SMILES string of the molecule is COc1ccc2ncc(F)c(C(F)CCC3(C(=O)NO)CCN(CCCc4cc(F)cc(F)c4F)CC3)c2c1. The zero-order chi connectivity index (χ0) is 28.2. The van der Waals surface area contributed by atoms with Crippen molar-refractivity contribution in [2.24, 2.45) is 5.41 Å². The monoisotopic (exact) mass is 551 g/mol. The van der Waals surface area contributed by atoms with Gasteiger partial charge in [0.2, 0.25) is 5.91 Å². The number of aryl methyl sites for hydroxylation is 1. The number of benzene rings is 2. The highest BCUT2D eigenvalue weighted by Gasteiger charge is 2.41. The van der Waals surface area contributed by atoms with E-state index in [0.717, 1.165) is 12.3 Å². The van der Waals surface area contributed by atoms with Gasteiger partial charge in [0.25, 0.3) is 0 Å². The fraction of sp³-hybridized carbons (Fsp3) is 0.429. The molecule has 0 saturated carbocycles. The number of pyridine rings is 1. The van der Waals surface area contributed by atoms with Gasteiger partial charge in [0.15, 0.2) is 11.6 Å². The number of hydrogen-bond donors (Lipinski definition) is 2. The maximum absolute atomic E-state index is 15.6. The predicted octanol–water partition coefficient (Wildman–Crippen LogP) is 5.81. The van der Waals surface area contributed by atoms with Gasteiger partial charge in [0.05, 0.1) is 24.2 Å². The van der Waals surface area contributed by atoms with Crippen LogP contribution in [0.4, 0.5) is 22.0 Å². The molecule has 1 unspecified atom stereocenters. The number of nitrogens with one attached hydrogen (secondary N) is 1. The standard InChI is InChI=1S/C28H30F5N3O3/c1-39-19-4-5-24-20(15-19)25(23(32)16-34-24)21(30)6-7-28(27(37)35-38)8-11-36(12-9-28)10-2-3-17-13-18(29)14-22(31)26(17)33/h4-5,13-16,21,38H,2-3,6-12H2,1H3,(H,35,37). The highest BCUT2D eigenvalue weighted by Crippen LogP contribution is 2.41. The van der Waals surface area contributed by atoms with Crippen LogP contribution in [0.2, 0.25) is 0 Å². The van der Waals surface area contributed by atoms with Crippen molar-refractivity contribution >= 4 is 16.8 Å². The third-order valence-corrected chi connectivity index (χ3v) is 7.64. The first kappa shape index (κ1) is 28.7. The third-order valence-electron chi connectivity index (χ3n) is 7.64. The van der Waals surface area contributed by atoms with E-state index in [1.54, 1.807) is 17.6 Å². The van der Waals surface area contributed by atoms with Gasteiger partial charge in [-0.3, -0.25) is 15.0 Å². The molecule has 4 rings (SSSR count). The fourth-order valence-corrected chi connectivity index (χ4v) is 5.36. The molecule has 210 valence electrons. The van der Waals surface area contributed by atoms with Crippen LogP contribution in [-0.2, 0) is 11.2 Å². The topological polar surface area (TPSA) is 74.7 Å². The Morgan fingerprint density at radius 1 is 1.15 bits per heavy atom. The number of rotatable bonds is 10. The summed E-state index contributed by atoms with van der Waals surface area (Å²) in [5, 5.41) is 9.68. The number of likely N-dealkylation sites (tertiary alicyclic amines) is 1. The number of amides is 1. The molecule has 2 heterocycles. The van der Waals surface area contributed by atoms with E-state index in [9.17, 15) is 27.6 Å². The molecule has 1 fully saturated rings. The van der Waals surface area contributed by atoms with Crippen LogP contribution >= 0.6 is 0 Å². The molecule has 2 N–H and O–H groups in total. The van der Waals surface area contributed by atoms with Crippen molar-refractivity contribution < 1.29 is 36.7 Å². The summed E-state index contributed by atoms with van der Waals surface area (Å²) in [6.07, 6.45) is 0.328. The quantitative estimate of drug-likeness (QED) is 0.144. The largest absolute Gasteiger partial charge is 0.497 e. The first-order chi connectivity index (χ1) is 18.7. The molecule has 1 atom stereocenters. The summed E-state index contributed by atoms with van der Waals surface area (Å²) in [6.45, 7) is 1.37. The molecule has 1 aliphatic heterocycles. The summed E-state index contributed by atoms with van der Waals surface area (Å²) < 4.78 is 76.2. The maximum Gasteiger partial charge on any atom is 0.249 e. The van der Waals surface area contributed by atoms with E-state index in [2.05, 4.69) is 4.98 Å². The van der Waals surface area contributed by atoms with Crippen molar-refractivity contribution in [3.63, 3.8) is 0 Å². The third kappa shape index (κ3) is 6.30. The normalized spacial score (nSPS) is 16.3. The van der Waals surface area contributed by atoms with E-state index in [1.807, 2.05) is 4.90 Å². The number of hydroxylamine groups is 1. The lowest BCUT2D eigenvalue weighted by Gasteiger charge is -2.40. The Hall–Kier alpha value is -3.31. The van der Waals surface area contributed by atoms with Crippen molar-refractivity contribution in [3.8, 4) is 5.75 Å². The van der Waals surface area contributed by atoms with Crippen LogP contribution in [0.15, 0.2) is 36.5 Å². The summed E-state index contributed by atoms with van der Waals surface area (Å²) in [5.74, 6) is -4.13. The van der Waals surface area contributed by atoms with Crippen molar-refractivity contribution in [2.75, 3.05) is 26.7 Å². The second-order valence-electron chi connectivity index (χ2n) is 9.94. The van der Waals surface area contributed by atoms with E-state index in [1.165, 1.54) is 13.2 Å². The van der Waals surface area contributed by atoms with E-state index >= 15 is 4.39 Å². The fourth-order valence-electron chi connectivity index (χ4n) is 5.36. The van der Waals surface area contributed by atoms with Gasteiger partial charge in [-0.2, -0.15) is 0 Å². The number of carbonyl (C=O) groups is 1. The van der Waals surface area contributed by atoms with Gasteiger partial charge in [-0.05, 0) is 88.0 Å². The molecule has 0 spiro atoms. The number of piperidine rings is 1. The Labute approximate surface area is 222 Å². The van der Waals surface area contributed by atoms with Crippen molar-refractivity contribution in [1.82, 2.24) is 15.4 Å². The number of ether oxygens (including phenoxy) is 1. The molecule has 1 aromatic heterocycles. The number of aromatic nitrogens is 1. The second-order valence-corrected chi connectivity index (χ2v) is 9.94. The molecule has 1 saturated heterocycles. The van der Waals surface area contributed by atoms with Crippen molar-refractivity contribution in [3.05, 3.63) is 70.9 Å². The van der Waals surface area contributed by atoms with E-state index in [4.69, 9.17) is 4.74 Å². The summed E-state index contributed by atoms with van der Waals surface area (Å²) in [6, 6.07) is 6.25. The summed E-state index contributed by atoms with van der Waals surface area (Å²) in [5.41, 5.74) is 0.846. The molecular formula is C28H30F5N3O3. The van der Waals surface area contributed by atoms with Crippen LogP contribution in [0, 0.1) is 28.7 Å². The van der Waals surface area contributed by atoms with Crippen LogP contribution in [-0.4, -0.2) is 47.7 Å². The van der Waals surface area contributed by atoms with Gasteiger partial charge >= 0.3 is 0 Å². The number of fused-ring (bicyclic) bond motifs is 1. The average Bonchev–Trinajstić information content (AvgIpc) is 2.94. The summed E-state index contributed by atoms with van der Waals surface area (Å²) >= 11 is 0. The number of nitrogens with zero attached hydrogens (tertiary/aromatic N) is 2. The number of carbonyl (C=O) groups excluding carboxylic acids is 1. The van der Waals surface area contributed by atoms with Crippen LogP contribution < -0.4 is 10.2 Å². The van der Waals surface area contributed by atoms with Gasteiger partial charge in [0.1, 0.15) is 23.6 Å². The molecule has 3 aromatic rings.